The summed E-state index contributed by atoms with van der Waals surface area (Å²) in [5, 5.41) is 11.9. The zero-order valence-electron chi connectivity index (χ0n) is 13.0. The molecule has 0 aliphatic heterocycles. The minimum absolute atomic E-state index is 0.158. The highest BCUT2D eigenvalue weighted by atomic mass is 35.5. The maximum Gasteiger partial charge on any atom is 0.261 e. The van der Waals surface area contributed by atoms with E-state index in [2.05, 4.69) is 15.5 Å². The minimum Gasteiger partial charge on any atom is -0.342 e. The molecule has 0 saturated carbocycles. The highest BCUT2D eigenvalue weighted by molar-refractivity contribution is 7.17. The molecule has 124 valence electrons. The summed E-state index contributed by atoms with van der Waals surface area (Å²) in [6.45, 7) is 1.87. The van der Waals surface area contributed by atoms with E-state index in [9.17, 15) is 4.79 Å². The molecule has 0 fully saturated rings. The molecule has 8 heteroatoms. The molecular formula is C16H14Cl2N4OS. The van der Waals surface area contributed by atoms with Gasteiger partial charge in [-0.3, -0.25) is 4.79 Å². The predicted octanol–water partition coefficient (Wildman–Crippen LogP) is 4.34. The Bertz CT molecular complexity index is 870. The lowest BCUT2D eigenvalue weighted by Crippen LogP contribution is -2.27. The smallest absolute Gasteiger partial charge is 0.261 e. The molecule has 1 aromatic carbocycles. The van der Waals surface area contributed by atoms with Gasteiger partial charge in [0.05, 0.1) is 10.9 Å². The Balaban J connectivity index is 1.77. The van der Waals surface area contributed by atoms with Gasteiger partial charge < -0.3 is 9.88 Å². The van der Waals surface area contributed by atoms with Gasteiger partial charge in [-0.2, -0.15) is 0 Å². The van der Waals surface area contributed by atoms with Gasteiger partial charge in [0.15, 0.2) is 5.82 Å². The number of carbonyl (C=O) groups is 1. The zero-order valence-corrected chi connectivity index (χ0v) is 15.3. The summed E-state index contributed by atoms with van der Waals surface area (Å²) in [5.74, 6) is 0.539. The van der Waals surface area contributed by atoms with E-state index in [0.29, 0.717) is 20.7 Å². The Kier molecular flexibility index (Phi) is 4.89. The van der Waals surface area contributed by atoms with Gasteiger partial charge in [0.1, 0.15) is 6.33 Å². The second-order valence-electron chi connectivity index (χ2n) is 5.32. The van der Waals surface area contributed by atoms with Crippen LogP contribution in [0.5, 0.6) is 0 Å². The van der Waals surface area contributed by atoms with E-state index < -0.39 is 0 Å². The number of hydrogen-bond acceptors (Lipinski definition) is 4. The number of nitrogens with zero attached hydrogens (tertiary/aromatic N) is 3. The molecule has 0 aliphatic carbocycles. The monoisotopic (exact) mass is 380 g/mol. The van der Waals surface area contributed by atoms with Crippen LogP contribution < -0.4 is 5.32 Å². The zero-order chi connectivity index (χ0) is 17.3. The van der Waals surface area contributed by atoms with Crippen molar-refractivity contribution < 1.29 is 4.79 Å². The normalized spacial score (nSPS) is 12.2. The summed E-state index contributed by atoms with van der Waals surface area (Å²) in [6.07, 6.45) is 1.60. The molecule has 2 heterocycles. The van der Waals surface area contributed by atoms with Gasteiger partial charge in [0, 0.05) is 22.0 Å². The number of rotatable bonds is 4. The van der Waals surface area contributed by atoms with Crippen LogP contribution in [0, 0.1) is 0 Å². The average molecular weight is 381 g/mol. The van der Waals surface area contributed by atoms with Gasteiger partial charge in [0.25, 0.3) is 5.91 Å². The number of halogens is 2. The van der Waals surface area contributed by atoms with E-state index >= 15 is 0 Å². The van der Waals surface area contributed by atoms with Crippen molar-refractivity contribution in [1.82, 2.24) is 20.1 Å². The van der Waals surface area contributed by atoms with Crippen LogP contribution in [0.4, 0.5) is 0 Å². The number of amides is 1. The number of nitrogens with one attached hydrogen (secondary N) is 1. The molecule has 0 aliphatic rings. The molecule has 0 bridgehead atoms. The maximum atomic E-state index is 12.4. The Hall–Kier alpha value is -1.89. The van der Waals surface area contributed by atoms with E-state index in [0.717, 1.165) is 10.4 Å². The first kappa shape index (κ1) is 17.0. The van der Waals surface area contributed by atoms with Crippen LogP contribution in [0.25, 0.3) is 10.4 Å². The van der Waals surface area contributed by atoms with Crippen LogP contribution in [0.15, 0.2) is 36.7 Å². The minimum atomic E-state index is -0.240. The van der Waals surface area contributed by atoms with E-state index in [1.54, 1.807) is 23.0 Å². The van der Waals surface area contributed by atoms with Crippen molar-refractivity contribution in [1.29, 1.82) is 0 Å². The summed E-state index contributed by atoms with van der Waals surface area (Å²) in [7, 11) is 1.84. The SMILES string of the molecule is CC(NC(=O)c1ccc(-c2cc(Cl)cc(Cl)c2)s1)c1nncn1C. The van der Waals surface area contributed by atoms with Crippen LogP contribution in [0.1, 0.15) is 28.5 Å². The van der Waals surface area contributed by atoms with E-state index in [4.69, 9.17) is 23.2 Å². The van der Waals surface area contributed by atoms with E-state index in [1.807, 2.05) is 32.2 Å². The van der Waals surface area contributed by atoms with Crippen LogP contribution in [0.3, 0.4) is 0 Å². The van der Waals surface area contributed by atoms with Gasteiger partial charge in [0.2, 0.25) is 0 Å². The van der Waals surface area contributed by atoms with Crippen molar-refractivity contribution in [2.45, 2.75) is 13.0 Å². The van der Waals surface area contributed by atoms with Gasteiger partial charge in [-0.25, -0.2) is 0 Å². The number of hydrogen-bond donors (Lipinski definition) is 1. The number of aromatic nitrogens is 3. The summed E-state index contributed by atoms with van der Waals surface area (Å²) in [5.41, 5.74) is 0.887. The first-order valence-electron chi connectivity index (χ1n) is 7.15. The summed E-state index contributed by atoms with van der Waals surface area (Å²) >= 11 is 13.5. The van der Waals surface area contributed by atoms with Crippen molar-refractivity contribution in [3.8, 4) is 10.4 Å². The summed E-state index contributed by atoms with van der Waals surface area (Å²) in [4.78, 5) is 14.0. The molecule has 3 rings (SSSR count). The lowest BCUT2D eigenvalue weighted by atomic mass is 10.2. The lowest BCUT2D eigenvalue weighted by Gasteiger charge is -2.11. The largest absolute Gasteiger partial charge is 0.342 e. The molecule has 0 radical (unpaired) electrons. The Morgan fingerprint density at radius 3 is 2.58 bits per heavy atom. The molecule has 24 heavy (non-hydrogen) atoms. The quantitative estimate of drug-likeness (QED) is 0.731. The van der Waals surface area contributed by atoms with Gasteiger partial charge >= 0.3 is 0 Å². The topological polar surface area (TPSA) is 59.8 Å². The molecule has 0 spiro atoms. The molecule has 3 aromatic rings. The standard InChI is InChI=1S/C16H14Cl2N4OS/c1-9(15-21-19-8-22(15)2)20-16(23)14-4-3-13(24-14)10-5-11(17)7-12(18)6-10/h3-9H,1-2H3,(H,20,23). The van der Waals surface area contributed by atoms with Crippen LogP contribution in [0.2, 0.25) is 10.0 Å². The van der Waals surface area contributed by atoms with Crippen molar-refractivity contribution in [2.24, 2.45) is 7.05 Å². The number of thiophene rings is 1. The number of carbonyl (C=O) groups excluding carboxylic acids is 1. The molecule has 1 unspecified atom stereocenters. The van der Waals surface area contributed by atoms with Crippen LogP contribution in [-0.2, 0) is 7.05 Å². The van der Waals surface area contributed by atoms with Crippen LogP contribution >= 0.6 is 34.5 Å². The molecule has 1 amide bonds. The molecule has 0 saturated heterocycles. The molecule has 5 nitrogen and oxygen atoms in total. The fraction of sp³-hybridized carbons (Fsp3) is 0.188. The van der Waals surface area contributed by atoms with Crippen molar-refractivity contribution in [2.75, 3.05) is 0 Å². The van der Waals surface area contributed by atoms with Crippen molar-refractivity contribution >= 4 is 40.4 Å². The van der Waals surface area contributed by atoms with E-state index in [1.165, 1.54) is 11.3 Å². The summed E-state index contributed by atoms with van der Waals surface area (Å²) < 4.78 is 1.78. The third kappa shape index (κ3) is 3.61. The second-order valence-corrected chi connectivity index (χ2v) is 7.27. The molecule has 2 aromatic heterocycles. The fourth-order valence-corrected chi connectivity index (χ4v) is 3.75. The van der Waals surface area contributed by atoms with Gasteiger partial charge in [-0.15, -0.1) is 21.5 Å². The average Bonchev–Trinajstić information content (AvgIpc) is 3.14. The van der Waals surface area contributed by atoms with Crippen molar-refractivity contribution in [3.05, 3.63) is 57.4 Å². The highest BCUT2D eigenvalue weighted by Gasteiger charge is 2.17. The maximum absolute atomic E-state index is 12.4. The molecule has 1 atom stereocenters. The predicted molar refractivity (Wildman–Crippen MR) is 96.7 cm³/mol. The van der Waals surface area contributed by atoms with Crippen LogP contribution in [-0.4, -0.2) is 20.7 Å². The molecular weight excluding hydrogens is 367 g/mol. The lowest BCUT2D eigenvalue weighted by molar-refractivity contribution is 0.0942. The number of benzene rings is 1. The van der Waals surface area contributed by atoms with E-state index in [-0.39, 0.29) is 11.9 Å². The third-order valence-corrected chi connectivity index (χ3v) is 5.03. The Morgan fingerprint density at radius 2 is 1.96 bits per heavy atom. The Morgan fingerprint density at radius 1 is 1.25 bits per heavy atom. The highest BCUT2D eigenvalue weighted by Crippen LogP contribution is 2.32. The first-order valence-corrected chi connectivity index (χ1v) is 8.72. The van der Waals surface area contributed by atoms with Gasteiger partial charge in [-0.05, 0) is 42.8 Å². The first-order chi connectivity index (χ1) is 11.4. The molecule has 1 N–H and O–H groups in total. The summed E-state index contributed by atoms with van der Waals surface area (Å²) in [6, 6.07) is 8.75. The second kappa shape index (κ2) is 6.93. The Labute approximate surface area is 153 Å². The van der Waals surface area contributed by atoms with Crippen molar-refractivity contribution in [3.63, 3.8) is 0 Å². The van der Waals surface area contributed by atoms with Gasteiger partial charge in [-0.1, -0.05) is 23.2 Å². The fourth-order valence-electron chi connectivity index (χ4n) is 2.33. The number of aryl methyl sites for hydroxylation is 1. The third-order valence-electron chi connectivity index (χ3n) is 3.46.